The van der Waals surface area contributed by atoms with Gasteiger partial charge in [0.05, 0.1) is 12.3 Å². The van der Waals surface area contributed by atoms with Gasteiger partial charge in [0.15, 0.2) is 5.13 Å². The second-order valence-corrected chi connectivity index (χ2v) is 7.38. The van der Waals surface area contributed by atoms with Crippen molar-refractivity contribution in [2.24, 2.45) is 0 Å². The van der Waals surface area contributed by atoms with E-state index in [-0.39, 0.29) is 18.3 Å². The molecule has 1 fully saturated rings. The lowest BCUT2D eigenvalue weighted by Crippen LogP contribution is -2.45. The number of fused-ring (bicyclic) bond motifs is 1. The minimum absolute atomic E-state index is 0. The van der Waals surface area contributed by atoms with Crippen molar-refractivity contribution >= 4 is 34.8 Å². The SMILES string of the molecule is Cl.O=C(Nc1nc2c(s1)CC(c1ccccc1)CC2)C1CNCCO1. The van der Waals surface area contributed by atoms with E-state index in [2.05, 4.69) is 45.9 Å². The summed E-state index contributed by atoms with van der Waals surface area (Å²) in [6.45, 7) is 1.94. The summed E-state index contributed by atoms with van der Waals surface area (Å²) in [5.41, 5.74) is 2.54. The first kappa shape index (κ1) is 18.3. The van der Waals surface area contributed by atoms with Crippen LogP contribution >= 0.6 is 23.7 Å². The molecule has 0 spiro atoms. The molecule has 0 bridgehead atoms. The highest BCUT2D eigenvalue weighted by atomic mass is 35.5. The molecular weight excluding hydrogens is 358 g/mol. The molecule has 4 rings (SSSR count). The summed E-state index contributed by atoms with van der Waals surface area (Å²) < 4.78 is 5.49. The van der Waals surface area contributed by atoms with Gasteiger partial charge in [0.2, 0.25) is 0 Å². The minimum atomic E-state index is -0.420. The maximum atomic E-state index is 12.3. The van der Waals surface area contributed by atoms with Crippen molar-refractivity contribution in [1.82, 2.24) is 10.3 Å². The Morgan fingerprint density at radius 2 is 2.16 bits per heavy atom. The van der Waals surface area contributed by atoms with E-state index in [0.29, 0.717) is 24.2 Å². The molecule has 2 N–H and O–H groups in total. The lowest BCUT2D eigenvalue weighted by atomic mass is 9.85. The summed E-state index contributed by atoms with van der Waals surface area (Å²) >= 11 is 1.61. The third-order valence-electron chi connectivity index (χ3n) is 4.66. The second kappa shape index (κ2) is 8.27. The Balaban J connectivity index is 0.00000182. The zero-order valence-corrected chi connectivity index (χ0v) is 15.5. The first-order valence-electron chi connectivity index (χ1n) is 8.46. The normalized spacial score (nSPS) is 22.6. The number of ether oxygens (including phenoxy) is 1. The van der Waals surface area contributed by atoms with Gasteiger partial charge in [-0.3, -0.25) is 10.1 Å². The number of benzene rings is 1. The molecule has 5 nitrogen and oxygen atoms in total. The van der Waals surface area contributed by atoms with Gasteiger partial charge in [-0.25, -0.2) is 4.98 Å². The molecule has 2 aliphatic rings. The fourth-order valence-electron chi connectivity index (χ4n) is 3.36. The average molecular weight is 380 g/mol. The van der Waals surface area contributed by atoms with Crippen molar-refractivity contribution in [2.45, 2.75) is 31.3 Å². The molecule has 1 aromatic heterocycles. The van der Waals surface area contributed by atoms with Crippen LogP contribution in [-0.2, 0) is 22.4 Å². The molecule has 2 atom stereocenters. The van der Waals surface area contributed by atoms with Crippen molar-refractivity contribution in [1.29, 1.82) is 0 Å². The predicted octanol–water partition coefficient (Wildman–Crippen LogP) is 2.76. The number of amides is 1. The highest BCUT2D eigenvalue weighted by molar-refractivity contribution is 7.15. The van der Waals surface area contributed by atoms with Gasteiger partial charge >= 0.3 is 0 Å². The molecule has 1 amide bonds. The van der Waals surface area contributed by atoms with Gasteiger partial charge < -0.3 is 10.1 Å². The smallest absolute Gasteiger partial charge is 0.256 e. The van der Waals surface area contributed by atoms with E-state index in [9.17, 15) is 4.79 Å². The number of nitrogens with zero attached hydrogens (tertiary/aromatic N) is 1. The summed E-state index contributed by atoms with van der Waals surface area (Å²) in [4.78, 5) is 18.2. The van der Waals surface area contributed by atoms with Crippen LogP contribution in [0.2, 0.25) is 0 Å². The van der Waals surface area contributed by atoms with Crippen LogP contribution in [0.25, 0.3) is 0 Å². The van der Waals surface area contributed by atoms with Gasteiger partial charge in [0.1, 0.15) is 6.10 Å². The quantitative estimate of drug-likeness (QED) is 0.860. The number of halogens is 1. The number of thiazole rings is 1. The molecule has 1 saturated heterocycles. The van der Waals surface area contributed by atoms with Crippen LogP contribution in [-0.4, -0.2) is 36.7 Å². The Morgan fingerprint density at radius 3 is 2.92 bits per heavy atom. The fraction of sp³-hybridized carbons (Fsp3) is 0.444. The summed E-state index contributed by atoms with van der Waals surface area (Å²) in [5.74, 6) is 0.446. The minimum Gasteiger partial charge on any atom is -0.366 e. The van der Waals surface area contributed by atoms with Gasteiger partial charge in [-0.15, -0.1) is 23.7 Å². The van der Waals surface area contributed by atoms with E-state index < -0.39 is 6.10 Å². The predicted molar refractivity (Wildman–Crippen MR) is 102 cm³/mol. The molecule has 134 valence electrons. The van der Waals surface area contributed by atoms with Crippen LogP contribution < -0.4 is 10.6 Å². The van der Waals surface area contributed by atoms with E-state index in [4.69, 9.17) is 4.74 Å². The maximum absolute atomic E-state index is 12.3. The van der Waals surface area contributed by atoms with Crippen molar-refractivity contribution in [3.8, 4) is 0 Å². The zero-order chi connectivity index (χ0) is 16.4. The molecular formula is C18H22ClN3O2S. The standard InChI is InChI=1S/C18H21N3O2S.ClH/c22-17(15-11-19-8-9-23-15)21-18-20-14-7-6-13(10-16(14)24-18)12-4-2-1-3-5-12;/h1-5,13,15,19H,6-11H2,(H,20,21,22);1H. The van der Waals surface area contributed by atoms with Gasteiger partial charge in [-0.1, -0.05) is 30.3 Å². The summed E-state index contributed by atoms with van der Waals surface area (Å²) in [6.07, 6.45) is 2.68. The lowest BCUT2D eigenvalue weighted by molar-refractivity contribution is -0.128. The zero-order valence-electron chi connectivity index (χ0n) is 13.9. The van der Waals surface area contributed by atoms with Crippen LogP contribution in [0, 0.1) is 0 Å². The average Bonchev–Trinajstić information content (AvgIpc) is 3.04. The molecule has 1 aliphatic heterocycles. The third-order valence-corrected chi connectivity index (χ3v) is 5.70. The Bertz CT molecular complexity index is 716. The molecule has 1 aromatic carbocycles. The Kier molecular flexibility index (Phi) is 6.06. The number of carbonyl (C=O) groups excluding carboxylic acids is 1. The van der Waals surface area contributed by atoms with E-state index in [1.54, 1.807) is 11.3 Å². The summed E-state index contributed by atoms with van der Waals surface area (Å²) in [7, 11) is 0. The van der Waals surface area contributed by atoms with E-state index in [1.807, 2.05) is 0 Å². The molecule has 0 saturated carbocycles. The topological polar surface area (TPSA) is 63.2 Å². The lowest BCUT2D eigenvalue weighted by Gasteiger charge is -2.22. The van der Waals surface area contributed by atoms with Gasteiger partial charge in [0, 0.05) is 18.0 Å². The molecule has 7 heteroatoms. The van der Waals surface area contributed by atoms with E-state index in [1.165, 1.54) is 10.4 Å². The first-order valence-corrected chi connectivity index (χ1v) is 9.28. The molecule has 2 aromatic rings. The largest absolute Gasteiger partial charge is 0.366 e. The Hall–Kier alpha value is -1.47. The number of hydrogen-bond acceptors (Lipinski definition) is 5. The van der Waals surface area contributed by atoms with Crippen LogP contribution in [0.3, 0.4) is 0 Å². The van der Waals surface area contributed by atoms with Gasteiger partial charge in [-0.05, 0) is 30.7 Å². The van der Waals surface area contributed by atoms with E-state index in [0.717, 1.165) is 31.5 Å². The second-order valence-electron chi connectivity index (χ2n) is 6.29. The number of morpholine rings is 1. The number of aromatic nitrogens is 1. The van der Waals surface area contributed by atoms with Crippen LogP contribution in [0.5, 0.6) is 0 Å². The Labute approximate surface area is 157 Å². The fourth-order valence-corrected chi connectivity index (χ4v) is 4.45. The first-order chi connectivity index (χ1) is 11.8. The number of carbonyl (C=O) groups is 1. The third kappa shape index (κ3) is 4.20. The van der Waals surface area contributed by atoms with Crippen LogP contribution in [0.15, 0.2) is 30.3 Å². The van der Waals surface area contributed by atoms with Crippen molar-refractivity contribution < 1.29 is 9.53 Å². The number of nitrogens with one attached hydrogen (secondary N) is 2. The number of aryl methyl sites for hydroxylation is 1. The van der Waals surface area contributed by atoms with Crippen LogP contribution in [0.1, 0.15) is 28.5 Å². The number of anilines is 1. The van der Waals surface area contributed by atoms with Gasteiger partial charge in [0.25, 0.3) is 5.91 Å². The van der Waals surface area contributed by atoms with Crippen molar-refractivity contribution in [3.63, 3.8) is 0 Å². The molecule has 2 unspecified atom stereocenters. The summed E-state index contributed by atoms with van der Waals surface area (Å²) in [5, 5.41) is 6.80. The van der Waals surface area contributed by atoms with Crippen molar-refractivity contribution in [3.05, 3.63) is 46.5 Å². The highest BCUT2D eigenvalue weighted by Crippen LogP contribution is 2.36. The monoisotopic (exact) mass is 379 g/mol. The Morgan fingerprint density at radius 1 is 1.32 bits per heavy atom. The summed E-state index contributed by atoms with van der Waals surface area (Å²) in [6, 6.07) is 10.7. The molecule has 25 heavy (non-hydrogen) atoms. The highest BCUT2D eigenvalue weighted by Gasteiger charge is 2.26. The number of rotatable bonds is 3. The van der Waals surface area contributed by atoms with Gasteiger partial charge in [-0.2, -0.15) is 0 Å². The van der Waals surface area contributed by atoms with Crippen molar-refractivity contribution in [2.75, 3.05) is 25.0 Å². The molecule has 1 aliphatic carbocycles. The number of hydrogen-bond donors (Lipinski definition) is 2. The maximum Gasteiger partial charge on any atom is 0.256 e. The van der Waals surface area contributed by atoms with E-state index >= 15 is 0 Å². The molecule has 0 radical (unpaired) electrons. The van der Waals surface area contributed by atoms with Crippen LogP contribution in [0.4, 0.5) is 5.13 Å². The molecule has 2 heterocycles.